The molecule has 1 heterocycles. The molecule has 9 nitrogen and oxygen atoms in total. The molecule has 1 aliphatic heterocycles. The van der Waals surface area contributed by atoms with Gasteiger partial charge in [0.15, 0.2) is 0 Å². The molecule has 4 N–H and O–H groups in total. The van der Waals surface area contributed by atoms with E-state index in [1.807, 2.05) is 13.8 Å². The first-order valence-corrected chi connectivity index (χ1v) is 9.57. The summed E-state index contributed by atoms with van der Waals surface area (Å²) in [6, 6.07) is 5.78. The zero-order chi connectivity index (χ0) is 22.2. The number of primary amides is 1. The Bertz CT molecular complexity index is 1020. The third-order valence-electron chi connectivity index (χ3n) is 5.22. The number of allylic oxidation sites excluding steroid dienone is 2. The maximum atomic E-state index is 12.9. The Hall–Kier alpha value is -3.49. The number of amides is 1. The fourth-order valence-corrected chi connectivity index (χ4v) is 4.07. The van der Waals surface area contributed by atoms with Crippen LogP contribution in [0.5, 0.6) is 0 Å². The summed E-state index contributed by atoms with van der Waals surface area (Å²) >= 11 is 0. The number of ether oxygens (including phenoxy) is 1. The van der Waals surface area contributed by atoms with Gasteiger partial charge in [0.25, 0.3) is 11.6 Å². The molecule has 0 aromatic heterocycles. The second-order valence-electron chi connectivity index (χ2n) is 8.14. The van der Waals surface area contributed by atoms with Crippen LogP contribution in [0.25, 0.3) is 0 Å². The minimum atomic E-state index is -0.849. The van der Waals surface area contributed by atoms with Crippen LogP contribution >= 0.6 is 0 Å². The summed E-state index contributed by atoms with van der Waals surface area (Å²) in [6.45, 7) is 5.82. The summed E-state index contributed by atoms with van der Waals surface area (Å²) in [4.78, 5) is 40.0. The van der Waals surface area contributed by atoms with Crippen molar-refractivity contribution in [3.63, 3.8) is 0 Å². The number of nitrogens with two attached hydrogens (primary N) is 2. The van der Waals surface area contributed by atoms with Gasteiger partial charge in [-0.2, -0.15) is 0 Å². The lowest BCUT2D eigenvalue weighted by atomic mass is 9.68. The number of carbonyl (C=O) groups is 2. The van der Waals surface area contributed by atoms with E-state index in [0.29, 0.717) is 35.4 Å². The number of nitrogens with zero attached hydrogens (tertiary/aromatic N) is 2. The molecule has 9 heteroatoms. The van der Waals surface area contributed by atoms with Gasteiger partial charge in [-0.15, -0.1) is 0 Å². The summed E-state index contributed by atoms with van der Waals surface area (Å²) < 4.78 is 5.19. The van der Waals surface area contributed by atoms with Gasteiger partial charge in [0.1, 0.15) is 5.70 Å². The van der Waals surface area contributed by atoms with Gasteiger partial charge in [-0.1, -0.05) is 26.0 Å². The molecule has 1 atom stereocenters. The summed E-state index contributed by atoms with van der Waals surface area (Å²) in [7, 11) is 0. The molecule has 1 amide bonds. The van der Waals surface area contributed by atoms with Crippen molar-refractivity contribution in [3.05, 3.63) is 62.5 Å². The molecule has 1 aromatic carbocycles. The van der Waals surface area contributed by atoms with Crippen molar-refractivity contribution in [2.24, 2.45) is 21.9 Å². The quantitative estimate of drug-likeness (QED) is 0.431. The van der Waals surface area contributed by atoms with Crippen molar-refractivity contribution < 1.29 is 19.2 Å². The molecule has 1 aromatic rings. The van der Waals surface area contributed by atoms with Crippen LogP contribution in [0.3, 0.4) is 0 Å². The summed E-state index contributed by atoms with van der Waals surface area (Å²) in [5.41, 5.74) is 13.9. The Morgan fingerprint density at radius 2 is 1.90 bits per heavy atom. The lowest BCUT2D eigenvalue weighted by Crippen LogP contribution is -2.37. The molecule has 0 fully saturated rings. The molecular formula is C21H24N4O5. The Labute approximate surface area is 173 Å². The highest BCUT2D eigenvalue weighted by atomic mass is 16.6. The smallest absolute Gasteiger partial charge is 0.337 e. The Balaban J connectivity index is 2.29. The molecule has 158 valence electrons. The van der Waals surface area contributed by atoms with Gasteiger partial charge < -0.3 is 16.2 Å². The lowest BCUT2D eigenvalue weighted by Gasteiger charge is -2.38. The first-order chi connectivity index (χ1) is 14.1. The predicted octanol–water partition coefficient (Wildman–Crippen LogP) is 2.47. The number of hydrogen-bond donors (Lipinski definition) is 2. The molecular weight excluding hydrogens is 388 g/mol. The monoisotopic (exact) mass is 412 g/mol. The van der Waals surface area contributed by atoms with Gasteiger partial charge in [-0.05, 0) is 30.7 Å². The minimum absolute atomic E-state index is 0.000362. The van der Waals surface area contributed by atoms with Crippen LogP contribution < -0.4 is 11.5 Å². The zero-order valence-electron chi connectivity index (χ0n) is 17.1. The van der Waals surface area contributed by atoms with Crippen LogP contribution in [-0.2, 0) is 14.3 Å². The molecule has 1 aliphatic carbocycles. The molecule has 0 spiro atoms. The first kappa shape index (κ1) is 21.2. The fraction of sp³-hybridized carbons (Fsp3) is 0.381. The molecule has 0 saturated heterocycles. The third kappa shape index (κ3) is 3.83. The number of nitro groups is 1. The maximum absolute atomic E-state index is 12.9. The van der Waals surface area contributed by atoms with Crippen molar-refractivity contribution in [1.29, 1.82) is 0 Å². The van der Waals surface area contributed by atoms with Crippen LogP contribution in [0.15, 0.2) is 51.8 Å². The fourth-order valence-electron chi connectivity index (χ4n) is 4.07. The highest BCUT2D eigenvalue weighted by molar-refractivity contribution is 6.14. The second-order valence-corrected chi connectivity index (χ2v) is 8.14. The van der Waals surface area contributed by atoms with Gasteiger partial charge in [0.2, 0.25) is 0 Å². The van der Waals surface area contributed by atoms with E-state index in [1.54, 1.807) is 19.1 Å². The van der Waals surface area contributed by atoms with Crippen LogP contribution in [0, 0.1) is 15.5 Å². The zero-order valence-corrected chi connectivity index (χ0v) is 17.1. The van der Waals surface area contributed by atoms with Crippen molar-refractivity contribution in [2.75, 3.05) is 6.61 Å². The van der Waals surface area contributed by atoms with E-state index in [2.05, 4.69) is 4.99 Å². The number of benzene rings is 1. The molecule has 0 radical (unpaired) electrons. The standard InChI is InChI=1S/C21H24N4O5/c1-4-30-20(27)17-15(11-5-7-12(8-6-11)25(28)29)16-13(22)9-21(2,3)10-14(16)24-18(17)19(23)26/h5-8,15H,4,9-10,22H2,1-3H3,(H2,23,26). The van der Waals surface area contributed by atoms with E-state index in [9.17, 15) is 19.7 Å². The van der Waals surface area contributed by atoms with Gasteiger partial charge >= 0.3 is 5.97 Å². The summed E-state index contributed by atoms with van der Waals surface area (Å²) in [5, 5.41) is 11.1. The maximum Gasteiger partial charge on any atom is 0.337 e. The molecule has 3 rings (SSSR count). The van der Waals surface area contributed by atoms with E-state index in [1.165, 1.54) is 12.1 Å². The number of rotatable bonds is 5. The van der Waals surface area contributed by atoms with Gasteiger partial charge in [0, 0.05) is 35.0 Å². The number of carbonyl (C=O) groups excluding carboxylic acids is 2. The van der Waals surface area contributed by atoms with Crippen molar-refractivity contribution in [2.45, 2.75) is 39.5 Å². The van der Waals surface area contributed by atoms with E-state index in [0.717, 1.165) is 0 Å². The number of hydrogen-bond acceptors (Lipinski definition) is 7. The summed E-state index contributed by atoms with van der Waals surface area (Å²) in [5.74, 6) is -2.32. The summed E-state index contributed by atoms with van der Waals surface area (Å²) in [6.07, 6.45) is 1.12. The molecule has 0 saturated carbocycles. The van der Waals surface area contributed by atoms with Crippen LogP contribution in [0.2, 0.25) is 0 Å². The molecule has 1 unspecified atom stereocenters. The normalized spacial score (nSPS) is 20.4. The SMILES string of the molecule is CCOC(=O)C1=C(C(N)=O)N=C2CC(C)(C)CC(N)=C2C1c1ccc([N+](=O)[O-])cc1. The number of fused-ring (bicyclic) bond motifs is 1. The average Bonchev–Trinajstić information content (AvgIpc) is 2.65. The lowest BCUT2D eigenvalue weighted by molar-refractivity contribution is -0.384. The number of aliphatic imine (C=N–C) groups is 1. The van der Waals surface area contributed by atoms with Crippen molar-refractivity contribution in [1.82, 2.24) is 0 Å². The van der Waals surface area contributed by atoms with Crippen molar-refractivity contribution >= 4 is 23.3 Å². The van der Waals surface area contributed by atoms with Crippen LogP contribution in [0.4, 0.5) is 5.69 Å². The van der Waals surface area contributed by atoms with Crippen LogP contribution in [0.1, 0.15) is 45.1 Å². The first-order valence-electron chi connectivity index (χ1n) is 9.57. The van der Waals surface area contributed by atoms with Gasteiger partial charge in [-0.3, -0.25) is 14.9 Å². The van der Waals surface area contributed by atoms with E-state index >= 15 is 0 Å². The highest BCUT2D eigenvalue weighted by Crippen LogP contribution is 2.47. The van der Waals surface area contributed by atoms with E-state index in [-0.39, 0.29) is 29.0 Å². The number of esters is 1. The molecule has 2 aliphatic rings. The van der Waals surface area contributed by atoms with Crippen LogP contribution in [-0.4, -0.2) is 29.1 Å². The Morgan fingerprint density at radius 1 is 1.27 bits per heavy atom. The average molecular weight is 412 g/mol. The van der Waals surface area contributed by atoms with E-state index < -0.39 is 22.7 Å². The second kappa shape index (κ2) is 7.74. The Morgan fingerprint density at radius 3 is 2.43 bits per heavy atom. The largest absolute Gasteiger partial charge is 0.463 e. The number of non-ortho nitro benzene ring substituents is 1. The van der Waals surface area contributed by atoms with Gasteiger partial charge in [0.05, 0.1) is 17.1 Å². The van der Waals surface area contributed by atoms with E-state index in [4.69, 9.17) is 16.2 Å². The molecule has 0 bridgehead atoms. The predicted molar refractivity (Wildman–Crippen MR) is 110 cm³/mol. The van der Waals surface area contributed by atoms with Crippen molar-refractivity contribution in [3.8, 4) is 0 Å². The Kier molecular flexibility index (Phi) is 5.47. The topological polar surface area (TPSA) is 151 Å². The molecule has 30 heavy (non-hydrogen) atoms. The highest BCUT2D eigenvalue weighted by Gasteiger charge is 2.43. The third-order valence-corrected chi connectivity index (χ3v) is 5.22. The minimum Gasteiger partial charge on any atom is -0.463 e. The van der Waals surface area contributed by atoms with Gasteiger partial charge in [-0.25, -0.2) is 9.79 Å². The number of nitro benzene ring substituents is 1.